The molecule has 12 heteroatoms. The number of furan rings is 1. The quantitative estimate of drug-likeness (QED) is 0.384. The molecule has 0 unspecified atom stereocenters. The highest BCUT2D eigenvalue weighted by molar-refractivity contribution is 7.89. The zero-order valence-corrected chi connectivity index (χ0v) is 22.1. The van der Waals surface area contributed by atoms with Crippen LogP contribution in [-0.2, 0) is 10.0 Å². The lowest BCUT2D eigenvalue weighted by Gasteiger charge is -2.40. The molecule has 6 rings (SSSR count). The first-order chi connectivity index (χ1) is 18.6. The number of carbonyl (C=O) groups excluding carboxylic acids is 1. The molecule has 3 fully saturated rings. The lowest BCUT2D eigenvalue weighted by Crippen LogP contribution is -2.56. The molecule has 3 N–H and O–H groups in total. The van der Waals surface area contributed by atoms with E-state index in [0.29, 0.717) is 33.4 Å². The van der Waals surface area contributed by atoms with Crippen LogP contribution in [0.3, 0.4) is 0 Å². The van der Waals surface area contributed by atoms with E-state index < -0.39 is 34.9 Å². The van der Waals surface area contributed by atoms with Crippen molar-refractivity contribution in [1.29, 1.82) is 0 Å². The van der Waals surface area contributed by atoms with Gasteiger partial charge in [-0.15, -0.1) is 0 Å². The molecule has 0 bridgehead atoms. The van der Waals surface area contributed by atoms with Gasteiger partial charge >= 0.3 is 0 Å². The summed E-state index contributed by atoms with van der Waals surface area (Å²) in [4.78, 5) is 17.1. The van der Waals surface area contributed by atoms with E-state index in [1.54, 1.807) is 30.3 Å². The van der Waals surface area contributed by atoms with Gasteiger partial charge in [-0.25, -0.2) is 21.9 Å². The number of aliphatic hydroxyl groups is 1. The standard InChI is InChI=1S/C27H30F2N4O5S/c28-27(29)16-33(17-27)23-14-19(13-18-3-12-38-24(18)23)25(35)31-21-2-1-20(39(36,37)30-8-11-34)15-22(21)32-9-6-26(4-5-26)7-10-32/h1-3,12-15,30,34H,4-11,16-17H2,(H,31,35). The fraction of sp³-hybridized carbons (Fsp3) is 0.444. The Kier molecular flexibility index (Phi) is 6.31. The average Bonchev–Trinajstić information content (AvgIpc) is 3.47. The molecule has 1 aliphatic carbocycles. The topological polar surface area (TPSA) is 115 Å². The monoisotopic (exact) mass is 560 g/mol. The predicted molar refractivity (Wildman–Crippen MR) is 143 cm³/mol. The van der Waals surface area contributed by atoms with Gasteiger partial charge in [-0.2, -0.15) is 0 Å². The second kappa shape index (κ2) is 9.46. The molecule has 9 nitrogen and oxygen atoms in total. The SMILES string of the molecule is O=C(Nc1ccc(S(=O)(=O)NCCO)cc1N1CCC2(CC1)CC2)c1cc(N2CC(F)(F)C2)c2occc2c1. The minimum Gasteiger partial charge on any atom is -0.462 e. The number of aliphatic hydroxyl groups excluding tert-OH is 1. The van der Waals surface area contributed by atoms with Gasteiger partial charge in [0.2, 0.25) is 10.0 Å². The minimum absolute atomic E-state index is 0.0384. The van der Waals surface area contributed by atoms with Crippen LogP contribution >= 0.6 is 0 Å². The zero-order chi connectivity index (χ0) is 27.4. The van der Waals surface area contributed by atoms with Crippen LogP contribution in [0.25, 0.3) is 11.0 Å². The highest BCUT2D eigenvalue weighted by atomic mass is 32.2. The van der Waals surface area contributed by atoms with Crippen LogP contribution in [0, 0.1) is 5.41 Å². The van der Waals surface area contributed by atoms with E-state index in [9.17, 15) is 22.0 Å². The third kappa shape index (κ3) is 5.08. The van der Waals surface area contributed by atoms with Crippen molar-refractivity contribution in [1.82, 2.24) is 4.72 Å². The van der Waals surface area contributed by atoms with Crippen molar-refractivity contribution < 1.29 is 31.5 Å². The number of amides is 1. The van der Waals surface area contributed by atoms with Crippen LogP contribution in [0.15, 0.2) is 52.0 Å². The summed E-state index contributed by atoms with van der Waals surface area (Å²) in [6, 6.07) is 9.40. The molecule has 0 atom stereocenters. The number of piperidine rings is 1. The normalized spacial score (nSPS) is 19.8. The summed E-state index contributed by atoms with van der Waals surface area (Å²) in [7, 11) is -3.86. The van der Waals surface area contributed by atoms with Gasteiger partial charge in [0.15, 0.2) is 5.58 Å². The molecule has 3 aromatic rings. The lowest BCUT2D eigenvalue weighted by molar-refractivity contribution is -0.0261. The van der Waals surface area contributed by atoms with Gasteiger partial charge in [0.1, 0.15) is 0 Å². The number of hydrogen-bond donors (Lipinski definition) is 3. The fourth-order valence-corrected chi connectivity index (χ4v) is 6.55. The van der Waals surface area contributed by atoms with E-state index in [1.165, 1.54) is 30.1 Å². The van der Waals surface area contributed by atoms with Crippen molar-refractivity contribution in [2.75, 3.05) is 54.4 Å². The van der Waals surface area contributed by atoms with Crippen LogP contribution in [0.4, 0.5) is 25.8 Å². The molecule has 3 heterocycles. The van der Waals surface area contributed by atoms with Crippen molar-refractivity contribution in [3.05, 3.63) is 48.2 Å². The lowest BCUT2D eigenvalue weighted by atomic mass is 9.93. The third-order valence-corrected chi connectivity index (χ3v) is 9.49. The Bertz CT molecular complexity index is 1520. The highest BCUT2D eigenvalue weighted by Gasteiger charge is 2.45. The largest absolute Gasteiger partial charge is 0.462 e. The van der Waals surface area contributed by atoms with Gasteiger partial charge in [0.05, 0.1) is 47.9 Å². The van der Waals surface area contributed by atoms with Crippen LogP contribution in [0.2, 0.25) is 0 Å². The molecule has 1 saturated carbocycles. The van der Waals surface area contributed by atoms with E-state index in [-0.39, 0.29) is 23.6 Å². The molecular weight excluding hydrogens is 530 g/mol. The summed E-state index contributed by atoms with van der Waals surface area (Å²) in [6.07, 6.45) is 5.89. The Hall–Kier alpha value is -3.22. The number of halogens is 2. The average molecular weight is 561 g/mol. The Morgan fingerprint density at radius 2 is 1.74 bits per heavy atom. The molecule has 1 spiro atoms. The number of benzene rings is 2. The first-order valence-electron chi connectivity index (χ1n) is 13.0. The van der Waals surface area contributed by atoms with E-state index in [2.05, 4.69) is 14.9 Å². The predicted octanol–water partition coefficient (Wildman–Crippen LogP) is 3.79. The van der Waals surface area contributed by atoms with Gasteiger partial charge in [-0.3, -0.25) is 4.79 Å². The van der Waals surface area contributed by atoms with Crippen molar-refractivity contribution in [2.24, 2.45) is 5.41 Å². The molecule has 2 aromatic carbocycles. The zero-order valence-electron chi connectivity index (χ0n) is 21.3. The summed E-state index contributed by atoms with van der Waals surface area (Å²) in [5.74, 6) is -3.23. The molecule has 1 amide bonds. The Balaban J connectivity index is 1.31. The van der Waals surface area contributed by atoms with Crippen molar-refractivity contribution in [3.8, 4) is 0 Å². The van der Waals surface area contributed by atoms with Gasteiger partial charge in [-0.05, 0) is 67.5 Å². The fourth-order valence-electron chi connectivity index (χ4n) is 5.51. The Labute approximate surface area is 224 Å². The molecule has 39 heavy (non-hydrogen) atoms. The highest BCUT2D eigenvalue weighted by Crippen LogP contribution is 2.54. The van der Waals surface area contributed by atoms with Gasteiger partial charge in [-0.1, -0.05) is 0 Å². The number of anilines is 3. The summed E-state index contributed by atoms with van der Waals surface area (Å²) in [5.41, 5.74) is 2.59. The molecule has 0 radical (unpaired) electrons. The molecule has 2 saturated heterocycles. The summed E-state index contributed by atoms with van der Waals surface area (Å²) < 4.78 is 60.6. The summed E-state index contributed by atoms with van der Waals surface area (Å²) in [5, 5.41) is 12.6. The van der Waals surface area contributed by atoms with Crippen LogP contribution in [-0.4, -0.2) is 64.7 Å². The molecule has 2 aliphatic heterocycles. The maximum Gasteiger partial charge on any atom is 0.282 e. The van der Waals surface area contributed by atoms with Gasteiger partial charge < -0.3 is 24.6 Å². The number of nitrogens with one attached hydrogen (secondary N) is 2. The van der Waals surface area contributed by atoms with E-state index in [0.717, 1.165) is 25.9 Å². The van der Waals surface area contributed by atoms with E-state index in [1.807, 2.05) is 0 Å². The maximum atomic E-state index is 13.6. The number of carbonyl (C=O) groups is 1. The molecule has 1 aromatic heterocycles. The third-order valence-electron chi connectivity index (χ3n) is 8.03. The maximum absolute atomic E-state index is 13.6. The molecular formula is C27H30F2N4O5S. The van der Waals surface area contributed by atoms with Crippen molar-refractivity contribution >= 4 is 44.0 Å². The van der Waals surface area contributed by atoms with E-state index >= 15 is 0 Å². The van der Waals surface area contributed by atoms with Gasteiger partial charge in [0.25, 0.3) is 11.8 Å². The number of sulfonamides is 1. The number of rotatable bonds is 8. The second-order valence-corrected chi connectivity index (χ2v) is 12.6. The summed E-state index contributed by atoms with van der Waals surface area (Å²) >= 11 is 0. The van der Waals surface area contributed by atoms with Crippen molar-refractivity contribution in [3.63, 3.8) is 0 Å². The first kappa shape index (κ1) is 26.0. The van der Waals surface area contributed by atoms with Crippen LogP contribution in [0.1, 0.15) is 36.0 Å². The van der Waals surface area contributed by atoms with Gasteiger partial charge in [0, 0.05) is 30.6 Å². The first-order valence-corrected chi connectivity index (χ1v) is 14.5. The van der Waals surface area contributed by atoms with E-state index in [4.69, 9.17) is 9.52 Å². The number of fused-ring (bicyclic) bond motifs is 1. The Morgan fingerprint density at radius 3 is 2.41 bits per heavy atom. The van der Waals surface area contributed by atoms with Crippen molar-refractivity contribution in [2.45, 2.75) is 36.5 Å². The smallest absolute Gasteiger partial charge is 0.282 e. The van der Waals surface area contributed by atoms with Crippen LogP contribution < -0.4 is 19.8 Å². The number of alkyl halides is 2. The Morgan fingerprint density at radius 1 is 1.00 bits per heavy atom. The minimum atomic E-state index is -3.86. The van der Waals surface area contributed by atoms with Crippen LogP contribution in [0.5, 0.6) is 0 Å². The molecule has 3 aliphatic rings. The number of hydrogen-bond acceptors (Lipinski definition) is 7. The second-order valence-electron chi connectivity index (χ2n) is 10.8. The molecule has 208 valence electrons. The number of nitrogens with zero attached hydrogens (tertiary/aromatic N) is 2. The summed E-state index contributed by atoms with van der Waals surface area (Å²) in [6.45, 7) is 0.148.